The molecular weight excluding hydrogens is 556 g/mol. The van der Waals surface area contributed by atoms with Crippen LogP contribution in [0, 0.1) is 11.6 Å². The predicted molar refractivity (Wildman–Crippen MR) is 147 cm³/mol. The summed E-state index contributed by atoms with van der Waals surface area (Å²) >= 11 is 0. The van der Waals surface area contributed by atoms with E-state index in [9.17, 15) is 27.2 Å². The highest BCUT2D eigenvalue weighted by atomic mass is 32.2. The molecule has 12 heteroatoms. The fourth-order valence-electron chi connectivity index (χ4n) is 4.23. The van der Waals surface area contributed by atoms with Gasteiger partial charge >= 0.3 is 6.09 Å². The highest BCUT2D eigenvalue weighted by Crippen LogP contribution is 2.34. The van der Waals surface area contributed by atoms with Gasteiger partial charge in [-0.05, 0) is 56.2 Å². The molecule has 0 spiro atoms. The summed E-state index contributed by atoms with van der Waals surface area (Å²) in [6.07, 6.45) is -1.02. The zero-order valence-electron chi connectivity index (χ0n) is 22.6. The molecule has 3 aromatic rings. The Hall–Kier alpha value is -4.32. The van der Waals surface area contributed by atoms with Gasteiger partial charge in [0.05, 0.1) is 28.4 Å². The van der Waals surface area contributed by atoms with Gasteiger partial charge in [-0.25, -0.2) is 22.0 Å². The highest BCUT2D eigenvalue weighted by molar-refractivity contribution is 7.91. The van der Waals surface area contributed by atoms with E-state index in [1.165, 1.54) is 24.3 Å². The first-order chi connectivity index (χ1) is 19.2. The molecule has 3 aromatic carbocycles. The van der Waals surface area contributed by atoms with Crippen LogP contribution in [0.4, 0.5) is 19.3 Å². The van der Waals surface area contributed by atoms with E-state index < -0.39 is 67.2 Å². The zero-order valence-corrected chi connectivity index (χ0v) is 23.4. The van der Waals surface area contributed by atoms with E-state index in [4.69, 9.17) is 4.74 Å². The smallest absolute Gasteiger partial charge is 0.408 e. The number of fused-ring (bicyclic) bond motifs is 1. The van der Waals surface area contributed by atoms with Gasteiger partial charge in [-0.2, -0.15) is 0 Å². The first kappa shape index (κ1) is 29.7. The SMILES string of the molecule is CC(C)(C)OC(=O)N[C@H]1CS(=O)(=O)c2cc(F)c(C(=O)NCc3ccccc3)cc2N(Cc2ccc(F)cc2)C1=O. The Labute approximate surface area is 236 Å². The molecule has 0 unspecified atom stereocenters. The molecule has 0 saturated carbocycles. The van der Waals surface area contributed by atoms with E-state index in [-0.39, 0.29) is 18.8 Å². The standard InChI is InChI=1S/C29H29F2N3O6S/c1-29(2,3)40-28(37)33-23-17-41(38,39)25-14-22(31)21(26(35)32-15-18-7-5-4-6-8-18)13-24(25)34(27(23)36)16-19-9-11-20(30)12-10-19/h4-14,23H,15-17H2,1-3H3,(H,32,35)(H,33,37)/t23-/m0/s1. The molecule has 9 nitrogen and oxygen atoms in total. The van der Waals surface area contributed by atoms with Crippen LogP contribution in [0.1, 0.15) is 42.3 Å². The fraction of sp³-hybridized carbons (Fsp3) is 0.276. The van der Waals surface area contributed by atoms with Crippen molar-refractivity contribution in [2.45, 2.75) is 50.4 Å². The number of nitrogens with one attached hydrogen (secondary N) is 2. The number of hydrogen-bond acceptors (Lipinski definition) is 6. The summed E-state index contributed by atoms with van der Waals surface area (Å²) in [5.41, 5.74) is -0.494. The minimum atomic E-state index is -4.37. The molecular formula is C29H29F2N3O6S. The first-order valence-corrected chi connectivity index (χ1v) is 14.3. The van der Waals surface area contributed by atoms with E-state index in [2.05, 4.69) is 10.6 Å². The number of alkyl carbamates (subject to hydrolysis) is 1. The Bertz CT molecular complexity index is 1570. The molecule has 3 amide bonds. The molecule has 1 heterocycles. The first-order valence-electron chi connectivity index (χ1n) is 12.7. The molecule has 0 radical (unpaired) electrons. The molecule has 0 aliphatic carbocycles. The Balaban J connectivity index is 1.76. The zero-order chi connectivity index (χ0) is 29.9. The van der Waals surface area contributed by atoms with Gasteiger partial charge in [-0.1, -0.05) is 42.5 Å². The van der Waals surface area contributed by atoms with Gasteiger partial charge < -0.3 is 20.3 Å². The molecule has 0 bridgehead atoms. The summed E-state index contributed by atoms with van der Waals surface area (Å²) in [6, 6.07) is 14.1. The number of hydrogen-bond donors (Lipinski definition) is 2. The van der Waals surface area contributed by atoms with Crippen LogP contribution >= 0.6 is 0 Å². The number of benzene rings is 3. The van der Waals surface area contributed by atoms with Crippen LogP contribution in [0.2, 0.25) is 0 Å². The van der Waals surface area contributed by atoms with Crippen LogP contribution in [0.5, 0.6) is 0 Å². The fourth-order valence-corrected chi connectivity index (χ4v) is 5.84. The van der Waals surface area contributed by atoms with E-state index in [0.29, 0.717) is 11.6 Å². The van der Waals surface area contributed by atoms with Crippen LogP contribution in [-0.4, -0.2) is 43.7 Å². The van der Waals surface area contributed by atoms with Crippen LogP contribution in [0.3, 0.4) is 0 Å². The van der Waals surface area contributed by atoms with E-state index in [0.717, 1.165) is 16.5 Å². The lowest BCUT2D eigenvalue weighted by Crippen LogP contribution is -2.51. The minimum Gasteiger partial charge on any atom is -0.444 e. The van der Waals surface area contributed by atoms with Gasteiger partial charge in [0.15, 0.2) is 9.84 Å². The molecule has 4 rings (SSSR count). The summed E-state index contributed by atoms with van der Waals surface area (Å²) in [4.78, 5) is 39.8. The van der Waals surface area contributed by atoms with Crippen LogP contribution in [0.15, 0.2) is 71.6 Å². The Kier molecular flexibility index (Phi) is 8.43. The third kappa shape index (κ3) is 7.26. The number of sulfone groups is 1. The van der Waals surface area contributed by atoms with Crippen molar-refractivity contribution < 1.29 is 36.3 Å². The molecule has 1 aliphatic rings. The van der Waals surface area contributed by atoms with Gasteiger partial charge in [-0.15, -0.1) is 0 Å². The number of carbonyl (C=O) groups excluding carboxylic acids is 3. The minimum absolute atomic E-state index is 0.0780. The van der Waals surface area contributed by atoms with Crippen molar-refractivity contribution in [1.29, 1.82) is 0 Å². The third-order valence-electron chi connectivity index (χ3n) is 6.11. The number of anilines is 1. The quantitative estimate of drug-likeness (QED) is 0.449. The van der Waals surface area contributed by atoms with Gasteiger partial charge in [-0.3, -0.25) is 9.59 Å². The van der Waals surface area contributed by atoms with Crippen LogP contribution in [0.25, 0.3) is 0 Å². The molecule has 2 N–H and O–H groups in total. The van der Waals surface area contributed by atoms with Crippen molar-refractivity contribution in [2.75, 3.05) is 10.7 Å². The molecule has 216 valence electrons. The number of amides is 3. The highest BCUT2D eigenvalue weighted by Gasteiger charge is 2.40. The molecule has 0 saturated heterocycles. The monoisotopic (exact) mass is 585 g/mol. The third-order valence-corrected chi connectivity index (χ3v) is 7.88. The van der Waals surface area contributed by atoms with Crippen molar-refractivity contribution >= 4 is 33.4 Å². The van der Waals surface area contributed by atoms with Crippen molar-refractivity contribution in [3.63, 3.8) is 0 Å². The Morgan fingerprint density at radius 3 is 2.29 bits per heavy atom. The lowest BCUT2D eigenvalue weighted by Gasteiger charge is -2.27. The maximum Gasteiger partial charge on any atom is 0.408 e. The van der Waals surface area contributed by atoms with Gasteiger partial charge in [0.2, 0.25) is 0 Å². The molecule has 0 fully saturated rings. The average molecular weight is 586 g/mol. The van der Waals surface area contributed by atoms with Crippen molar-refractivity contribution in [1.82, 2.24) is 10.6 Å². The summed E-state index contributed by atoms with van der Waals surface area (Å²) in [7, 11) is -4.37. The van der Waals surface area contributed by atoms with Gasteiger partial charge in [0.1, 0.15) is 23.3 Å². The second kappa shape index (κ2) is 11.7. The molecule has 1 atom stereocenters. The summed E-state index contributed by atoms with van der Waals surface area (Å²) < 4.78 is 60.9. The molecule has 41 heavy (non-hydrogen) atoms. The normalized spacial score (nSPS) is 16.4. The van der Waals surface area contributed by atoms with E-state index in [1.54, 1.807) is 51.1 Å². The second-order valence-electron chi connectivity index (χ2n) is 10.5. The van der Waals surface area contributed by atoms with Crippen LogP contribution in [-0.2, 0) is 32.5 Å². The van der Waals surface area contributed by atoms with Crippen molar-refractivity contribution in [3.05, 3.63) is 95.1 Å². The lowest BCUT2D eigenvalue weighted by molar-refractivity contribution is -0.120. The largest absolute Gasteiger partial charge is 0.444 e. The number of ether oxygens (including phenoxy) is 1. The number of carbonyl (C=O) groups is 3. The predicted octanol–water partition coefficient (Wildman–Crippen LogP) is 4.11. The Morgan fingerprint density at radius 2 is 1.66 bits per heavy atom. The van der Waals surface area contributed by atoms with Gasteiger partial charge in [0.25, 0.3) is 11.8 Å². The number of nitrogens with zero attached hydrogens (tertiary/aromatic N) is 1. The second-order valence-corrected chi connectivity index (χ2v) is 12.5. The number of rotatable bonds is 6. The topological polar surface area (TPSA) is 122 Å². The number of halogens is 2. The summed E-state index contributed by atoms with van der Waals surface area (Å²) in [5.74, 6) is -4.18. The lowest BCUT2D eigenvalue weighted by atomic mass is 10.1. The van der Waals surface area contributed by atoms with Crippen molar-refractivity contribution in [3.8, 4) is 0 Å². The molecule has 1 aliphatic heterocycles. The van der Waals surface area contributed by atoms with E-state index >= 15 is 4.39 Å². The summed E-state index contributed by atoms with van der Waals surface area (Å²) in [5, 5.41) is 4.90. The maximum atomic E-state index is 15.3. The van der Waals surface area contributed by atoms with Gasteiger partial charge in [0, 0.05) is 6.54 Å². The average Bonchev–Trinajstić information content (AvgIpc) is 2.96. The van der Waals surface area contributed by atoms with E-state index in [1.807, 2.05) is 0 Å². The summed E-state index contributed by atoms with van der Waals surface area (Å²) in [6.45, 7) is 4.62. The van der Waals surface area contributed by atoms with Crippen molar-refractivity contribution in [2.24, 2.45) is 0 Å². The van der Waals surface area contributed by atoms with Crippen LogP contribution < -0.4 is 15.5 Å². The maximum absolute atomic E-state index is 15.3. The molecule has 0 aromatic heterocycles. The Morgan fingerprint density at radius 1 is 1.00 bits per heavy atom.